The van der Waals surface area contributed by atoms with Gasteiger partial charge in [0.15, 0.2) is 5.54 Å². The summed E-state index contributed by atoms with van der Waals surface area (Å²) < 4.78 is 15.7. The van der Waals surface area contributed by atoms with E-state index in [1.807, 2.05) is 31.2 Å². The van der Waals surface area contributed by atoms with Gasteiger partial charge in [-0.15, -0.1) is 0 Å². The van der Waals surface area contributed by atoms with E-state index in [9.17, 15) is 4.79 Å². The van der Waals surface area contributed by atoms with Crippen LogP contribution in [0, 0.1) is 5.92 Å². The predicted octanol–water partition coefficient (Wildman–Crippen LogP) is 2.47. The Bertz CT molecular complexity index is 470. The highest BCUT2D eigenvalue weighted by molar-refractivity contribution is 5.86. The zero-order chi connectivity index (χ0) is 15.3. The van der Waals surface area contributed by atoms with Gasteiger partial charge < -0.3 is 19.5 Å². The molecule has 1 saturated carbocycles. The third-order valence-corrected chi connectivity index (χ3v) is 3.74. The highest BCUT2D eigenvalue weighted by Crippen LogP contribution is 2.42. The molecule has 0 aliphatic heterocycles. The number of nitrogens with one attached hydrogen (secondary N) is 1. The number of carbonyl (C=O) groups excluding carboxylic acids is 1. The molecule has 1 unspecified atom stereocenters. The van der Waals surface area contributed by atoms with E-state index in [0.29, 0.717) is 13.2 Å². The van der Waals surface area contributed by atoms with E-state index in [1.54, 1.807) is 14.2 Å². The number of rotatable bonds is 8. The number of ether oxygens (including phenoxy) is 3. The van der Waals surface area contributed by atoms with E-state index in [2.05, 4.69) is 5.32 Å². The molecule has 0 amide bonds. The van der Waals surface area contributed by atoms with Gasteiger partial charge in [0.1, 0.15) is 5.75 Å². The maximum absolute atomic E-state index is 12.5. The Morgan fingerprint density at radius 1 is 1.29 bits per heavy atom. The number of anilines is 1. The molecule has 5 nitrogen and oxygen atoms in total. The zero-order valence-electron chi connectivity index (χ0n) is 12.8. The molecule has 21 heavy (non-hydrogen) atoms. The third kappa shape index (κ3) is 3.47. The van der Waals surface area contributed by atoms with E-state index in [-0.39, 0.29) is 11.9 Å². The largest absolute Gasteiger partial charge is 0.497 e. The van der Waals surface area contributed by atoms with Crippen LogP contribution in [0.2, 0.25) is 0 Å². The molecule has 0 bridgehead atoms. The summed E-state index contributed by atoms with van der Waals surface area (Å²) in [6.45, 7) is 2.47. The Morgan fingerprint density at radius 2 is 1.95 bits per heavy atom. The maximum Gasteiger partial charge on any atom is 0.334 e. The van der Waals surface area contributed by atoms with Crippen molar-refractivity contribution in [2.45, 2.75) is 25.3 Å². The Kier molecular flexibility index (Phi) is 5.07. The summed E-state index contributed by atoms with van der Waals surface area (Å²) in [6, 6.07) is 7.51. The maximum atomic E-state index is 12.5. The molecule has 0 heterocycles. The van der Waals surface area contributed by atoms with Gasteiger partial charge in [0, 0.05) is 12.8 Å². The van der Waals surface area contributed by atoms with Crippen molar-refractivity contribution in [1.29, 1.82) is 0 Å². The van der Waals surface area contributed by atoms with Crippen molar-refractivity contribution in [3.63, 3.8) is 0 Å². The first kappa shape index (κ1) is 15.6. The Morgan fingerprint density at radius 3 is 2.43 bits per heavy atom. The van der Waals surface area contributed by atoms with Gasteiger partial charge >= 0.3 is 5.97 Å². The van der Waals surface area contributed by atoms with Gasteiger partial charge in [0.2, 0.25) is 0 Å². The minimum absolute atomic E-state index is 0.245. The van der Waals surface area contributed by atoms with Crippen LogP contribution in [0.5, 0.6) is 5.75 Å². The molecule has 0 aromatic heterocycles. The van der Waals surface area contributed by atoms with Gasteiger partial charge in [-0.25, -0.2) is 4.79 Å². The number of esters is 1. The van der Waals surface area contributed by atoms with Crippen LogP contribution in [0.3, 0.4) is 0 Å². The highest BCUT2D eigenvalue weighted by Gasteiger charge is 2.52. The lowest BCUT2D eigenvalue weighted by Crippen LogP contribution is -2.53. The Balaban J connectivity index is 2.23. The molecule has 1 aliphatic rings. The first-order valence-electron chi connectivity index (χ1n) is 7.24. The highest BCUT2D eigenvalue weighted by atomic mass is 16.5. The van der Waals surface area contributed by atoms with Gasteiger partial charge in [-0.2, -0.15) is 0 Å². The topological polar surface area (TPSA) is 56.8 Å². The number of hydrogen-bond acceptors (Lipinski definition) is 5. The minimum Gasteiger partial charge on any atom is -0.497 e. The standard InChI is InChI=1S/C16H23NO4/c1-4-21-15(18)16(11-19-2,12-5-6-12)17-13-7-9-14(20-3)10-8-13/h7-10,12,17H,4-6,11H2,1-3H3. The molecule has 1 aromatic rings. The Labute approximate surface area is 125 Å². The fourth-order valence-corrected chi connectivity index (χ4v) is 2.53. The second-order valence-corrected chi connectivity index (χ2v) is 5.25. The zero-order valence-corrected chi connectivity index (χ0v) is 12.8. The fraction of sp³-hybridized carbons (Fsp3) is 0.562. The number of benzene rings is 1. The fourth-order valence-electron chi connectivity index (χ4n) is 2.53. The summed E-state index contributed by atoms with van der Waals surface area (Å²) in [5.41, 5.74) is 0.0482. The molecule has 2 rings (SSSR count). The molecule has 0 spiro atoms. The molecule has 1 aromatic carbocycles. The van der Waals surface area contributed by atoms with Crippen LogP contribution in [-0.2, 0) is 14.3 Å². The average molecular weight is 293 g/mol. The lowest BCUT2D eigenvalue weighted by molar-refractivity contribution is -0.151. The van der Waals surface area contributed by atoms with Crippen LogP contribution in [0.1, 0.15) is 19.8 Å². The second kappa shape index (κ2) is 6.80. The van der Waals surface area contributed by atoms with Crippen LogP contribution < -0.4 is 10.1 Å². The summed E-state index contributed by atoms with van der Waals surface area (Å²) in [7, 11) is 3.23. The smallest absolute Gasteiger partial charge is 0.334 e. The van der Waals surface area contributed by atoms with E-state index < -0.39 is 5.54 Å². The molecule has 116 valence electrons. The summed E-state index contributed by atoms with van der Waals surface area (Å²) >= 11 is 0. The van der Waals surface area contributed by atoms with Crippen molar-refractivity contribution < 1.29 is 19.0 Å². The van der Waals surface area contributed by atoms with E-state index >= 15 is 0 Å². The molecule has 1 aliphatic carbocycles. The van der Waals surface area contributed by atoms with Crippen molar-refractivity contribution in [2.24, 2.45) is 5.92 Å². The Hall–Kier alpha value is -1.75. The van der Waals surface area contributed by atoms with Crippen molar-refractivity contribution >= 4 is 11.7 Å². The molecule has 1 N–H and O–H groups in total. The average Bonchev–Trinajstić information content (AvgIpc) is 3.32. The molecular weight excluding hydrogens is 270 g/mol. The van der Waals surface area contributed by atoms with Crippen molar-refractivity contribution in [3.8, 4) is 5.75 Å². The van der Waals surface area contributed by atoms with Gasteiger partial charge in [-0.1, -0.05) is 0 Å². The van der Waals surface area contributed by atoms with Crippen molar-refractivity contribution in [1.82, 2.24) is 0 Å². The lowest BCUT2D eigenvalue weighted by atomic mass is 9.93. The third-order valence-electron chi connectivity index (χ3n) is 3.74. The molecule has 5 heteroatoms. The summed E-state index contributed by atoms with van der Waals surface area (Å²) in [5.74, 6) is 0.782. The molecule has 0 radical (unpaired) electrons. The van der Waals surface area contributed by atoms with E-state index in [0.717, 1.165) is 24.3 Å². The lowest BCUT2D eigenvalue weighted by Gasteiger charge is -2.33. The summed E-state index contributed by atoms with van der Waals surface area (Å²) in [6.07, 6.45) is 2.01. The monoisotopic (exact) mass is 293 g/mol. The van der Waals surface area contributed by atoms with E-state index in [4.69, 9.17) is 14.2 Å². The minimum atomic E-state index is -0.806. The number of carbonyl (C=O) groups is 1. The SMILES string of the molecule is CCOC(=O)C(COC)(Nc1ccc(OC)cc1)C1CC1. The van der Waals surface area contributed by atoms with Gasteiger partial charge in [-0.05, 0) is 49.9 Å². The van der Waals surface area contributed by atoms with Crippen LogP contribution in [0.25, 0.3) is 0 Å². The predicted molar refractivity (Wildman–Crippen MR) is 80.6 cm³/mol. The van der Waals surface area contributed by atoms with Crippen LogP contribution in [0.15, 0.2) is 24.3 Å². The van der Waals surface area contributed by atoms with Crippen LogP contribution in [0.4, 0.5) is 5.69 Å². The van der Waals surface area contributed by atoms with Gasteiger partial charge in [0.05, 0.1) is 20.3 Å². The van der Waals surface area contributed by atoms with Gasteiger partial charge in [-0.3, -0.25) is 0 Å². The summed E-state index contributed by atoms with van der Waals surface area (Å²) in [4.78, 5) is 12.5. The molecule has 0 saturated heterocycles. The molecule has 1 atom stereocenters. The first-order chi connectivity index (χ1) is 10.2. The van der Waals surface area contributed by atoms with E-state index in [1.165, 1.54) is 0 Å². The molecule has 1 fully saturated rings. The van der Waals surface area contributed by atoms with Crippen LogP contribution >= 0.6 is 0 Å². The van der Waals surface area contributed by atoms with Gasteiger partial charge in [0.25, 0.3) is 0 Å². The van der Waals surface area contributed by atoms with Crippen molar-refractivity contribution in [2.75, 3.05) is 32.8 Å². The number of hydrogen-bond donors (Lipinski definition) is 1. The van der Waals surface area contributed by atoms with Crippen molar-refractivity contribution in [3.05, 3.63) is 24.3 Å². The second-order valence-electron chi connectivity index (χ2n) is 5.25. The number of methoxy groups -OCH3 is 2. The molecular formula is C16H23NO4. The summed E-state index contributed by atoms with van der Waals surface area (Å²) in [5, 5.41) is 3.34. The normalized spacial score (nSPS) is 16.9. The first-order valence-corrected chi connectivity index (χ1v) is 7.24. The van der Waals surface area contributed by atoms with Crippen LogP contribution in [-0.4, -0.2) is 38.9 Å². The quantitative estimate of drug-likeness (QED) is 0.746.